The van der Waals surface area contributed by atoms with Gasteiger partial charge in [0.2, 0.25) is 0 Å². The number of rotatable bonds is 3. The van der Waals surface area contributed by atoms with Gasteiger partial charge in [0.15, 0.2) is 5.65 Å². The van der Waals surface area contributed by atoms with Gasteiger partial charge in [0.1, 0.15) is 5.69 Å². The van der Waals surface area contributed by atoms with E-state index in [2.05, 4.69) is 37.0 Å². The fourth-order valence-electron chi connectivity index (χ4n) is 5.31. The lowest BCUT2D eigenvalue weighted by Gasteiger charge is -2.36. The summed E-state index contributed by atoms with van der Waals surface area (Å²) in [6, 6.07) is 13.5. The number of likely N-dealkylation sites (N-methyl/N-ethyl adjacent to an activating group) is 1. The number of halogens is 2. The van der Waals surface area contributed by atoms with Crippen LogP contribution in [0.1, 0.15) is 50.8 Å². The van der Waals surface area contributed by atoms with Gasteiger partial charge in [0.05, 0.1) is 6.20 Å². The molecule has 1 fully saturated rings. The average Bonchev–Trinajstić information content (AvgIpc) is 3.46. The third-order valence-corrected chi connectivity index (χ3v) is 7.60. The molecule has 1 aliphatic heterocycles. The smallest absolute Gasteiger partial charge is 0.275 e. The second kappa shape index (κ2) is 9.88. The number of hydrogen-bond donors (Lipinski definition) is 1. The Morgan fingerprint density at radius 2 is 1.90 bits per heavy atom. The molecule has 1 amide bonds. The maximum Gasteiger partial charge on any atom is 0.275 e. The highest BCUT2D eigenvalue weighted by Crippen LogP contribution is 2.50. The van der Waals surface area contributed by atoms with Crippen LogP contribution in [-0.2, 0) is 5.92 Å². The summed E-state index contributed by atoms with van der Waals surface area (Å²) in [6.07, 6.45) is 3.09. The first-order chi connectivity index (χ1) is 18.8. The molecule has 0 bridgehead atoms. The Hall–Kier alpha value is -4.13. The van der Waals surface area contributed by atoms with Gasteiger partial charge in [0, 0.05) is 67.2 Å². The molecule has 1 atom stereocenters. The minimum absolute atomic E-state index is 0.00123. The summed E-state index contributed by atoms with van der Waals surface area (Å²) < 4.78 is 31.8. The summed E-state index contributed by atoms with van der Waals surface area (Å²) in [5.41, 5.74) is 4.32. The van der Waals surface area contributed by atoms with Crippen LogP contribution in [0.15, 0.2) is 60.9 Å². The van der Waals surface area contributed by atoms with Crippen molar-refractivity contribution in [2.24, 2.45) is 0 Å². The quantitative estimate of drug-likeness (QED) is 0.399. The second-order valence-electron chi connectivity index (χ2n) is 10.2. The van der Waals surface area contributed by atoms with Crippen molar-refractivity contribution in [3.05, 3.63) is 94.4 Å². The molecule has 7 nitrogen and oxygen atoms in total. The van der Waals surface area contributed by atoms with Gasteiger partial charge in [-0.2, -0.15) is 5.10 Å². The number of alkyl halides is 2. The Morgan fingerprint density at radius 1 is 1.08 bits per heavy atom. The standard InChI is InChI=1S/C30H28F2N6O/c1-20-5-6-22(16-21(20)7-9-24-19-33-28-4-3-11-34-38(24)28)29(39)35-23-8-10-25-26(17-23)30(31,32)18-27(25)37-14-12-36(2)13-15-37/h3-6,8,10-11,16-17,19,27H,12-15,18H2,1-2H3,(H,35,39)/t27-/m1/s1. The van der Waals surface area contributed by atoms with Crippen LogP contribution in [0.2, 0.25) is 0 Å². The van der Waals surface area contributed by atoms with Crippen molar-refractivity contribution in [2.45, 2.75) is 25.3 Å². The summed E-state index contributed by atoms with van der Waals surface area (Å²) in [7, 11) is 2.05. The molecule has 0 saturated carbocycles. The SMILES string of the molecule is Cc1ccc(C(=O)Nc2ccc3c(c2)C(F)(F)C[C@H]3N2CCN(C)CC2)cc1C#Cc1cnc2cccnn12. The normalized spacial score (nSPS) is 18.9. The fraction of sp³-hybridized carbons (Fsp3) is 0.300. The summed E-state index contributed by atoms with van der Waals surface area (Å²) in [5.74, 6) is 2.87. The van der Waals surface area contributed by atoms with Crippen LogP contribution < -0.4 is 5.32 Å². The number of carbonyl (C=O) groups excluding carboxylic acids is 1. The number of anilines is 1. The van der Waals surface area contributed by atoms with Crippen molar-refractivity contribution < 1.29 is 13.6 Å². The highest BCUT2D eigenvalue weighted by atomic mass is 19.3. The van der Waals surface area contributed by atoms with Gasteiger partial charge in [-0.05, 0) is 67.4 Å². The molecular formula is C30H28F2N6O. The molecule has 1 N–H and O–H groups in total. The molecule has 1 saturated heterocycles. The summed E-state index contributed by atoms with van der Waals surface area (Å²) in [6.45, 7) is 5.18. The molecule has 2 aromatic carbocycles. The van der Waals surface area contributed by atoms with Crippen LogP contribution in [0.3, 0.4) is 0 Å². The second-order valence-corrected chi connectivity index (χ2v) is 10.2. The topological polar surface area (TPSA) is 65.8 Å². The van der Waals surface area contributed by atoms with Crippen LogP contribution in [0.4, 0.5) is 14.5 Å². The average molecular weight is 527 g/mol. The van der Waals surface area contributed by atoms with Gasteiger partial charge >= 0.3 is 0 Å². The Kier molecular flexibility index (Phi) is 6.37. The first-order valence-corrected chi connectivity index (χ1v) is 13.0. The van der Waals surface area contributed by atoms with Crippen LogP contribution in [-0.4, -0.2) is 63.5 Å². The maximum absolute atomic E-state index is 15.1. The number of hydrogen-bond acceptors (Lipinski definition) is 5. The van der Waals surface area contributed by atoms with E-state index >= 15 is 8.78 Å². The number of piperazine rings is 1. The molecule has 3 heterocycles. The van der Waals surface area contributed by atoms with Crippen molar-refractivity contribution in [3.63, 3.8) is 0 Å². The van der Waals surface area contributed by atoms with Crippen molar-refractivity contribution in [1.82, 2.24) is 24.4 Å². The Morgan fingerprint density at radius 3 is 2.72 bits per heavy atom. The van der Waals surface area contributed by atoms with Crippen LogP contribution in [0, 0.1) is 18.8 Å². The Bertz CT molecular complexity index is 1630. The zero-order valence-electron chi connectivity index (χ0n) is 21.8. The Labute approximate surface area is 225 Å². The number of nitrogens with zero attached hydrogens (tertiary/aromatic N) is 5. The van der Waals surface area contributed by atoms with Crippen molar-refractivity contribution >= 4 is 17.2 Å². The maximum atomic E-state index is 15.1. The molecule has 2 aliphatic rings. The van der Waals surface area contributed by atoms with Crippen LogP contribution in [0.25, 0.3) is 5.65 Å². The van der Waals surface area contributed by atoms with Gasteiger partial charge in [-0.25, -0.2) is 18.3 Å². The molecular weight excluding hydrogens is 498 g/mol. The number of imidazole rings is 1. The van der Waals surface area contributed by atoms with E-state index in [0.717, 1.165) is 31.7 Å². The van der Waals surface area contributed by atoms with E-state index in [1.54, 1.807) is 47.2 Å². The number of aryl methyl sites for hydroxylation is 1. The molecule has 198 valence electrons. The molecule has 0 radical (unpaired) electrons. The lowest BCUT2D eigenvalue weighted by Crippen LogP contribution is -2.45. The molecule has 39 heavy (non-hydrogen) atoms. The lowest BCUT2D eigenvalue weighted by molar-refractivity contribution is -0.0257. The number of amides is 1. The highest BCUT2D eigenvalue weighted by molar-refractivity contribution is 6.04. The van der Waals surface area contributed by atoms with E-state index in [-0.39, 0.29) is 23.9 Å². The number of aromatic nitrogens is 3. The van der Waals surface area contributed by atoms with E-state index in [1.165, 1.54) is 6.07 Å². The predicted octanol–water partition coefficient (Wildman–Crippen LogP) is 4.47. The monoisotopic (exact) mass is 526 g/mol. The van der Waals surface area contributed by atoms with Crippen LogP contribution in [0.5, 0.6) is 0 Å². The molecule has 0 unspecified atom stereocenters. The predicted molar refractivity (Wildman–Crippen MR) is 145 cm³/mol. The third-order valence-electron chi connectivity index (χ3n) is 7.60. The lowest BCUT2D eigenvalue weighted by atomic mass is 10.0. The molecule has 2 aromatic heterocycles. The first-order valence-electron chi connectivity index (χ1n) is 13.0. The van der Waals surface area contributed by atoms with Gasteiger partial charge in [-0.3, -0.25) is 9.69 Å². The largest absolute Gasteiger partial charge is 0.322 e. The number of benzene rings is 2. The first kappa shape index (κ1) is 25.2. The van der Waals surface area contributed by atoms with E-state index in [9.17, 15) is 4.79 Å². The highest BCUT2D eigenvalue weighted by Gasteiger charge is 2.47. The summed E-state index contributed by atoms with van der Waals surface area (Å²) in [4.78, 5) is 21.8. The van der Waals surface area contributed by atoms with Crippen molar-refractivity contribution in [3.8, 4) is 11.8 Å². The van der Waals surface area contributed by atoms with E-state index in [4.69, 9.17) is 0 Å². The summed E-state index contributed by atoms with van der Waals surface area (Å²) >= 11 is 0. The van der Waals surface area contributed by atoms with Gasteiger partial charge in [-0.15, -0.1) is 0 Å². The zero-order chi connectivity index (χ0) is 27.1. The van der Waals surface area contributed by atoms with Crippen molar-refractivity contribution in [1.29, 1.82) is 0 Å². The summed E-state index contributed by atoms with van der Waals surface area (Å²) in [5, 5.41) is 7.07. The molecule has 0 spiro atoms. The van der Waals surface area contributed by atoms with Gasteiger partial charge in [0.25, 0.3) is 11.8 Å². The van der Waals surface area contributed by atoms with E-state index < -0.39 is 5.92 Å². The molecule has 1 aliphatic carbocycles. The molecule has 6 rings (SSSR count). The van der Waals surface area contributed by atoms with Gasteiger partial charge in [-0.1, -0.05) is 18.1 Å². The zero-order valence-corrected chi connectivity index (χ0v) is 21.8. The third kappa shape index (κ3) is 4.89. The van der Waals surface area contributed by atoms with Crippen LogP contribution >= 0.6 is 0 Å². The number of fused-ring (bicyclic) bond motifs is 2. The van der Waals surface area contributed by atoms with E-state index in [0.29, 0.717) is 33.7 Å². The van der Waals surface area contributed by atoms with Crippen molar-refractivity contribution in [2.75, 3.05) is 38.5 Å². The molecule has 4 aromatic rings. The minimum Gasteiger partial charge on any atom is -0.322 e. The van der Waals surface area contributed by atoms with Gasteiger partial charge < -0.3 is 10.2 Å². The molecule has 9 heteroatoms. The number of nitrogens with one attached hydrogen (secondary N) is 1. The fourth-order valence-corrected chi connectivity index (χ4v) is 5.31. The Balaban J connectivity index is 1.22. The van der Waals surface area contributed by atoms with E-state index in [1.807, 2.05) is 26.1 Å². The number of carbonyl (C=O) groups is 1. The minimum atomic E-state index is -2.94.